The first-order chi connectivity index (χ1) is 10.7. The van der Waals surface area contributed by atoms with E-state index in [4.69, 9.17) is 4.74 Å². The fourth-order valence-corrected chi connectivity index (χ4v) is 2.89. The van der Waals surface area contributed by atoms with E-state index in [0.717, 1.165) is 48.3 Å². The Labute approximate surface area is 131 Å². The molecular formula is C19H21NO2. The molecule has 3 nitrogen and oxygen atoms in total. The van der Waals surface area contributed by atoms with E-state index in [1.807, 2.05) is 18.2 Å². The number of hydrogen-bond donors (Lipinski definition) is 0. The van der Waals surface area contributed by atoms with Crippen molar-refractivity contribution in [2.24, 2.45) is 0 Å². The fraction of sp³-hybridized carbons (Fsp3) is 0.368. The third-order valence-corrected chi connectivity index (χ3v) is 4.09. The van der Waals surface area contributed by atoms with Crippen LogP contribution in [0, 0.1) is 0 Å². The molecule has 0 radical (unpaired) electrons. The van der Waals surface area contributed by atoms with E-state index in [-0.39, 0.29) is 5.78 Å². The van der Waals surface area contributed by atoms with Crippen LogP contribution in [0.4, 0.5) is 0 Å². The van der Waals surface area contributed by atoms with Crippen LogP contribution in [0.5, 0.6) is 5.75 Å². The van der Waals surface area contributed by atoms with Crippen LogP contribution in [0.15, 0.2) is 36.7 Å². The maximum atomic E-state index is 12.7. The summed E-state index contributed by atoms with van der Waals surface area (Å²) in [7, 11) is 0. The summed E-state index contributed by atoms with van der Waals surface area (Å²) in [6.45, 7) is 5.05. The zero-order valence-corrected chi connectivity index (χ0v) is 13.1. The minimum atomic E-state index is 0.0297. The number of carbonyl (C=O) groups is 1. The number of carbonyl (C=O) groups excluding carboxylic acids is 1. The quantitative estimate of drug-likeness (QED) is 0.798. The van der Waals surface area contributed by atoms with Crippen molar-refractivity contribution in [1.82, 2.24) is 4.98 Å². The lowest BCUT2D eigenvalue weighted by Crippen LogP contribution is -2.07. The molecule has 0 unspecified atom stereocenters. The summed E-state index contributed by atoms with van der Waals surface area (Å²) in [5.41, 5.74) is 3.66. The predicted octanol–water partition coefficient (Wildman–Crippen LogP) is 4.15. The average Bonchev–Trinajstić information content (AvgIpc) is 2.79. The molecule has 2 heterocycles. The molecule has 1 aliphatic heterocycles. The number of hydrogen-bond acceptors (Lipinski definition) is 3. The Morgan fingerprint density at radius 2 is 2.09 bits per heavy atom. The maximum Gasteiger partial charge on any atom is 0.194 e. The van der Waals surface area contributed by atoms with Crippen molar-refractivity contribution >= 4 is 5.78 Å². The number of aryl methyl sites for hydroxylation is 1. The van der Waals surface area contributed by atoms with Gasteiger partial charge in [-0.15, -0.1) is 0 Å². The van der Waals surface area contributed by atoms with E-state index >= 15 is 0 Å². The molecule has 1 aliphatic rings. The van der Waals surface area contributed by atoms with Gasteiger partial charge in [0.25, 0.3) is 0 Å². The van der Waals surface area contributed by atoms with Gasteiger partial charge in [-0.3, -0.25) is 9.78 Å². The van der Waals surface area contributed by atoms with Crippen molar-refractivity contribution in [3.63, 3.8) is 0 Å². The van der Waals surface area contributed by atoms with Gasteiger partial charge in [-0.05, 0) is 60.6 Å². The van der Waals surface area contributed by atoms with Crippen LogP contribution in [0.25, 0.3) is 0 Å². The highest BCUT2D eigenvalue weighted by atomic mass is 16.5. The van der Waals surface area contributed by atoms with Crippen molar-refractivity contribution in [3.05, 3.63) is 58.9 Å². The standard InChI is InChI=1S/C19H21NO2/c1-13(2)17-11-16(18(21)15-7-5-8-20-12-15)10-14-6-3-4-9-22-19(14)17/h5,7-8,10-13H,3-4,6,9H2,1-2H3. The molecule has 1 aromatic heterocycles. The third-order valence-electron chi connectivity index (χ3n) is 4.09. The summed E-state index contributed by atoms with van der Waals surface area (Å²) in [6, 6.07) is 7.60. The number of pyridine rings is 1. The van der Waals surface area contributed by atoms with Gasteiger partial charge in [0.15, 0.2) is 5.78 Å². The molecule has 0 bridgehead atoms. The summed E-state index contributed by atoms with van der Waals surface area (Å²) in [5, 5.41) is 0. The molecule has 0 atom stereocenters. The van der Waals surface area contributed by atoms with Crippen LogP contribution in [0.2, 0.25) is 0 Å². The average molecular weight is 295 g/mol. The second kappa shape index (κ2) is 6.30. The number of rotatable bonds is 3. The SMILES string of the molecule is CC(C)c1cc(C(=O)c2cccnc2)cc2c1OCCCC2. The predicted molar refractivity (Wildman–Crippen MR) is 86.6 cm³/mol. The van der Waals surface area contributed by atoms with E-state index < -0.39 is 0 Å². The minimum Gasteiger partial charge on any atom is -0.493 e. The Kier molecular flexibility index (Phi) is 4.23. The van der Waals surface area contributed by atoms with Crippen LogP contribution >= 0.6 is 0 Å². The van der Waals surface area contributed by atoms with Crippen LogP contribution in [0.3, 0.4) is 0 Å². The van der Waals surface area contributed by atoms with Crippen LogP contribution in [-0.4, -0.2) is 17.4 Å². The van der Waals surface area contributed by atoms with Crippen LogP contribution in [-0.2, 0) is 6.42 Å². The third kappa shape index (κ3) is 2.89. The van der Waals surface area contributed by atoms with E-state index in [0.29, 0.717) is 11.5 Å². The lowest BCUT2D eigenvalue weighted by molar-refractivity contribution is 0.103. The summed E-state index contributed by atoms with van der Waals surface area (Å²) in [5.74, 6) is 1.35. The van der Waals surface area contributed by atoms with E-state index in [2.05, 4.69) is 18.8 Å². The van der Waals surface area contributed by atoms with Gasteiger partial charge < -0.3 is 4.74 Å². The van der Waals surface area contributed by atoms with Gasteiger partial charge in [-0.2, -0.15) is 0 Å². The van der Waals surface area contributed by atoms with Gasteiger partial charge in [0.1, 0.15) is 5.75 Å². The first-order valence-corrected chi connectivity index (χ1v) is 7.91. The van der Waals surface area contributed by atoms with E-state index in [1.54, 1.807) is 18.5 Å². The molecule has 0 N–H and O–H groups in total. The number of ether oxygens (including phenoxy) is 1. The normalized spacial score (nSPS) is 14.1. The Balaban J connectivity index is 2.07. The van der Waals surface area contributed by atoms with E-state index in [1.165, 1.54) is 0 Å². The molecule has 114 valence electrons. The topological polar surface area (TPSA) is 39.2 Å². The summed E-state index contributed by atoms with van der Waals surface area (Å²) in [4.78, 5) is 16.8. The van der Waals surface area contributed by atoms with Gasteiger partial charge >= 0.3 is 0 Å². The van der Waals surface area contributed by atoms with Crippen molar-refractivity contribution in [2.75, 3.05) is 6.61 Å². The van der Waals surface area contributed by atoms with Crippen molar-refractivity contribution in [1.29, 1.82) is 0 Å². The zero-order chi connectivity index (χ0) is 15.5. The molecule has 22 heavy (non-hydrogen) atoms. The van der Waals surface area contributed by atoms with Gasteiger partial charge in [-0.1, -0.05) is 13.8 Å². The van der Waals surface area contributed by atoms with Crippen LogP contribution < -0.4 is 4.74 Å². The van der Waals surface area contributed by atoms with Gasteiger partial charge in [-0.25, -0.2) is 0 Å². The maximum absolute atomic E-state index is 12.7. The fourth-order valence-electron chi connectivity index (χ4n) is 2.89. The Bertz CT molecular complexity index is 677. The first-order valence-electron chi connectivity index (χ1n) is 7.91. The van der Waals surface area contributed by atoms with Gasteiger partial charge in [0, 0.05) is 23.5 Å². The second-order valence-electron chi connectivity index (χ2n) is 6.08. The van der Waals surface area contributed by atoms with E-state index in [9.17, 15) is 4.79 Å². The highest BCUT2D eigenvalue weighted by Gasteiger charge is 2.20. The smallest absolute Gasteiger partial charge is 0.194 e. The van der Waals surface area contributed by atoms with Gasteiger partial charge in [0.2, 0.25) is 0 Å². The summed E-state index contributed by atoms with van der Waals surface area (Å²) < 4.78 is 5.96. The molecule has 2 aromatic rings. The molecule has 0 fully saturated rings. The molecular weight excluding hydrogens is 274 g/mol. The Morgan fingerprint density at radius 1 is 1.23 bits per heavy atom. The van der Waals surface area contributed by atoms with Crippen molar-refractivity contribution in [2.45, 2.75) is 39.0 Å². The number of aromatic nitrogens is 1. The molecule has 3 rings (SSSR count). The van der Waals surface area contributed by atoms with Crippen LogP contribution in [0.1, 0.15) is 59.7 Å². The summed E-state index contributed by atoms with van der Waals surface area (Å²) in [6.07, 6.45) is 6.46. The Hall–Kier alpha value is -2.16. The lowest BCUT2D eigenvalue weighted by atomic mass is 9.92. The molecule has 0 amide bonds. The second-order valence-corrected chi connectivity index (χ2v) is 6.08. The number of fused-ring (bicyclic) bond motifs is 1. The highest BCUT2D eigenvalue weighted by molar-refractivity contribution is 6.09. The number of nitrogens with zero attached hydrogens (tertiary/aromatic N) is 1. The minimum absolute atomic E-state index is 0.0297. The molecule has 0 aliphatic carbocycles. The number of benzene rings is 1. The number of ketones is 1. The summed E-state index contributed by atoms with van der Waals surface area (Å²) >= 11 is 0. The lowest BCUT2D eigenvalue weighted by Gasteiger charge is -2.17. The van der Waals surface area contributed by atoms with Crippen molar-refractivity contribution in [3.8, 4) is 5.75 Å². The Morgan fingerprint density at radius 3 is 2.82 bits per heavy atom. The molecule has 0 saturated heterocycles. The highest BCUT2D eigenvalue weighted by Crippen LogP contribution is 2.35. The monoisotopic (exact) mass is 295 g/mol. The molecule has 0 saturated carbocycles. The molecule has 1 aromatic carbocycles. The zero-order valence-electron chi connectivity index (χ0n) is 13.1. The molecule has 3 heteroatoms. The largest absolute Gasteiger partial charge is 0.493 e. The first kappa shape index (κ1) is 14.8. The van der Waals surface area contributed by atoms with Crippen molar-refractivity contribution < 1.29 is 9.53 Å². The van der Waals surface area contributed by atoms with Gasteiger partial charge in [0.05, 0.1) is 6.61 Å². The molecule has 0 spiro atoms.